The minimum absolute atomic E-state index is 0.231. The molecule has 0 aromatic heterocycles. The summed E-state index contributed by atoms with van der Waals surface area (Å²) in [6.07, 6.45) is 1.18. The predicted molar refractivity (Wildman–Crippen MR) is 90.2 cm³/mol. The molecule has 0 saturated carbocycles. The minimum Gasteiger partial charge on any atom is -0.310 e. The summed E-state index contributed by atoms with van der Waals surface area (Å²) in [7, 11) is 0. The number of rotatable bonds is 6. The number of hydrogen-bond acceptors (Lipinski definition) is 1. The highest BCUT2D eigenvalue weighted by Crippen LogP contribution is 2.30. The third kappa shape index (κ3) is 4.63. The molecule has 0 saturated heterocycles. The number of benzene rings is 1. The quantitative estimate of drug-likeness (QED) is 0.741. The van der Waals surface area contributed by atoms with Gasteiger partial charge in [-0.3, -0.25) is 0 Å². The third-order valence-electron chi connectivity index (χ3n) is 4.33. The summed E-state index contributed by atoms with van der Waals surface area (Å²) in [4.78, 5) is 0. The lowest BCUT2D eigenvalue weighted by atomic mass is 9.83. The Labute approximate surface area is 126 Å². The molecule has 0 aliphatic carbocycles. The van der Waals surface area contributed by atoms with E-state index in [1.54, 1.807) is 0 Å². The molecular formula is C19H33N. The highest BCUT2D eigenvalue weighted by molar-refractivity contribution is 5.29. The van der Waals surface area contributed by atoms with Crippen LogP contribution in [0.25, 0.3) is 0 Å². The van der Waals surface area contributed by atoms with E-state index in [0.29, 0.717) is 17.9 Å². The van der Waals surface area contributed by atoms with Crippen LogP contribution >= 0.6 is 0 Å². The largest absolute Gasteiger partial charge is 0.310 e. The van der Waals surface area contributed by atoms with Gasteiger partial charge in [0.25, 0.3) is 0 Å². The van der Waals surface area contributed by atoms with Crippen molar-refractivity contribution in [1.82, 2.24) is 5.32 Å². The Morgan fingerprint density at radius 1 is 1.00 bits per heavy atom. The average Bonchev–Trinajstić information content (AvgIpc) is 2.38. The van der Waals surface area contributed by atoms with E-state index in [2.05, 4.69) is 78.0 Å². The van der Waals surface area contributed by atoms with Crippen molar-refractivity contribution in [2.75, 3.05) is 6.54 Å². The van der Waals surface area contributed by atoms with Crippen molar-refractivity contribution in [1.29, 1.82) is 0 Å². The summed E-state index contributed by atoms with van der Waals surface area (Å²) in [6.45, 7) is 17.1. The first-order chi connectivity index (χ1) is 9.27. The van der Waals surface area contributed by atoms with Crippen LogP contribution in [-0.2, 0) is 5.41 Å². The Hall–Kier alpha value is -0.820. The van der Waals surface area contributed by atoms with Crippen LogP contribution in [0.15, 0.2) is 24.3 Å². The SMILES string of the molecule is CCCNC(c1ccc(C(C)(C)C)cc1)C(C)C(C)C. The lowest BCUT2D eigenvalue weighted by Crippen LogP contribution is -2.30. The molecule has 1 aromatic rings. The van der Waals surface area contributed by atoms with Crippen LogP contribution in [0, 0.1) is 11.8 Å². The Kier molecular flexibility index (Phi) is 6.26. The van der Waals surface area contributed by atoms with E-state index < -0.39 is 0 Å². The van der Waals surface area contributed by atoms with Gasteiger partial charge in [-0.15, -0.1) is 0 Å². The fraction of sp³-hybridized carbons (Fsp3) is 0.684. The zero-order valence-corrected chi connectivity index (χ0v) is 14.5. The lowest BCUT2D eigenvalue weighted by Gasteiger charge is -2.29. The third-order valence-corrected chi connectivity index (χ3v) is 4.33. The zero-order valence-electron chi connectivity index (χ0n) is 14.5. The summed E-state index contributed by atoms with van der Waals surface area (Å²) < 4.78 is 0. The highest BCUT2D eigenvalue weighted by atomic mass is 14.9. The summed E-state index contributed by atoms with van der Waals surface area (Å²) in [5.41, 5.74) is 3.06. The van der Waals surface area contributed by atoms with Crippen LogP contribution in [-0.4, -0.2) is 6.54 Å². The molecule has 0 amide bonds. The molecule has 2 atom stereocenters. The van der Waals surface area contributed by atoms with Crippen LogP contribution in [0.2, 0.25) is 0 Å². The van der Waals surface area contributed by atoms with Gasteiger partial charge in [-0.25, -0.2) is 0 Å². The van der Waals surface area contributed by atoms with Gasteiger partial charge in [-0.05, 0) is 41.3 Å². The highest BCUT2D eigenvalue weighted by Gasteiger charge is 2.22. The molecule has 1 heteroatoms. The lowest BCUT2D eigenvalue weighted by molar-refractivity contribution is 0.303. The molecule has 0 aliphatic heterocycles. The van der Waals surface area contributed by atoms with Crippen molar-refractivity contribution in [2.45, 2.75) is 66.3 Å². The Bertz CT molecular complexity index is 383. The van der Waals surface area contributed by atoms with E-state index in [1.807, 2.05) is 0 Å². The molecule has 2 unspecified atom stereocenters. The first-order valence-corrected chi connectivity index (χ1v) is 8.11. The number of hydrogen-bond donors (Lipinski definition) is 1. The molecule has 20 heavy (non-hydrogen) atoms. The molecule has 0 aliphatic rings. The molecule has 0 heterocycles. The molecule has 114 valence electrons. The maximum Gasteiger partial charge on any atom is 0.0348 e. The first kappa shape index (κ1) is 17.2. The summed E-state index contributed by atoms with van der Waals surface area (Å²) >= 11 is 0. The smallest absolute Gasteiger partial charge is 0.0348 e. The van der Waals surface area contributed by atoms with Crippen molar-refractivity contribution in [3.63, 3.8) is 0 Å². The molecule has 1 aromatic carbocycles. The molecule has 1 nitrogen and oxygen atoms in total. The molecule has 0 spiro atoms. The topological polar surface area (TPSA) is 12.0 Å². The van der Waals surface area contributed by atoms with Gasteiger partial charge in [-0.1, -0.05) is 72.7 Å². The van der Waals surface area contributed by atoms with Crippen molar-refractivity contribution in [3.05, 3.63) is 35.4 Å². The Balaban J connectivity index is 2.96. The van der Waals surface area contributed by atoms with Crippen molar-refractivity contribution in [3.8, 4) is 0 Å². The first-order valence-electron chi connectivity index (χ1n) is 8.11. The maximum absolute atomic E-state index is 3.73. The van der Waals surface area contributed by atoms with E-state index in [-0.39, 0.29) is 5.41 Å². The van der Waals surface area contributed by atoms with Crippen LogP contribution in [0.4, 0.5) is 0 Å². The molecule has 1 rings (SSSR count). The summed E-state index contributed by atoms with van der Waals surface area (Å²) in [5, 5.41) is 3.73. The molecule has 1 N–H and O–H groups in total. The molecule has 0 bridgehead atoms. The summed E-state index contributed by atoms with van der Waals surface area (Å²) in [6, 6.07) is 9.68. The van der Waals surface area contributed by atoms with E-state index in [4.69, 9.17) is 0 Å². The predicted octanol–water partition coefficient (Wildman–Crippen LogP) is 5.32. The van der Waals surface area contributed by atoms with Crippen LogP contribution < -0.4 is 5.32 Å². The average molecular weight is 275 g/mol. The fourth-order valence-corrected chi connectivity index (χ4v) is 2.48. The van der Waals surface area contributed by atoms with Crippen LogP contribution in [0.1, 0.15) is 72.1 Å². The van der Waals surface area contributed by atoms with Gasteiger partial charge in [0.1, 0.15) is 0 Å². The maximum atomic E-state index is 3.73. The van der Waals surface area contributed by atoms with E-state index in [0.717, 1.165) is 6.54 Å². The molecular weight excluding hydrogens is 242 g/mol. The van der Waals surface area contributed by atoms with Gasteiger partial charge in [0.2, 0.25) is 0 Å². The second-order valence-corrected chi connectivity index (χ2v) is 7.41. The number of nitrogens with one attached hydrogen (secondary N) is 1. The van der Waals surface area contributed by atoms with Gasteiger partial charge >= 0.3 is 0 Å². The van der Waals surface area contributed by atoms with E-state index >= 15 is 0 Å². The Morgan fingerprint density at radius 2 is 1.55 bits per heavy atom. The van der Waals surface area contributed by atoms with Crippen molar-refractivity contribution >= 4 is 0 Å². The summed E-state index contributed by atoms with van der Waals surface area (Å²) in [5.74, 6) is 1.33. The van der Waals surface area contributed by atoms with Crippen molar-refractivity contribution in [2.24, 2.45) is 11.8 Å². The van der Waals surface area contributed by atoms with Crippen molar-refractivity contribution < 1.29 is 0 Å². The molecule has 0 radical (unpaired) electrons. The van der Waals surface area contributed by atoms with Gasteiger partial charge in [0.05, 0.1) is 0 Å². The van der Waals surface area contributed by atoms with E-state index in [1.165, 1.54) is 17.5 Å². The van der Waals surface area contributed by atoms with Crippen LogP contribution in [0.5, 0.6) is 0 Å². The van der Waals surface area contributed by atoms with Gasteiger partial charge in [0, 0.05) is 6.04 Å². The monoisotopic (exact) mass is 275 g/mol. The van der Waals surface area contributed by atoms with Gasteiger partial charge in [-0.2, -0.15) is 0 Å². The van der Waals surface area contributed by atoms with Crippen LogP contribution in [0.3, 0.4) is 0 Å². The standard InChI is InChI=1S/C19H33N/c1-8-13-20-18(15(4)14(2)3)16-9-11-17(12-10-16)19(5,6)7/h9-12,14-15,18,20H,8,13H2,1-7H3. The van der Waals surface area contributed by atoms with Gasteiger partial charge < -0.3 is 5.32 Å². The fourth-order valence-electron chi connectivity index (χ4n) is 2.48. The Morgan fingerprint density at radius 3 is 1.95 bits per heavy atom. The second-order valence-electron chi connectivity index (χ2n) is 7.41. The normalized spacial score (nSPS) is 15.4. The van der Waals surface area contributed by atoms with Gasteiger partial charge in [0.15, 0.2) is 0 Å². The minimum atomic E-state index is 0.231. The second kappa shape index (κ2) is 7.26. The zero-order chi connectivity index (χ0) is 15.3. The van der Waals surface area contributed by atoms with E-state index in [9.17, 15) is 0 Å². The molecule has 0 fully saturated rings.